The molecule has 0 atom stereocenters. The van der Waals surface area contributed by atoms with E-state index < -0.39 is 0 Å². The first kappa shape index (κ1) is 18.0. The summed E-state index contributed by atoms with van der Waals surface area (Å²) in [7, 11) is 0. The molecule has 1 saturated heterocycles. The van der Waals surface area contributed by atoms with Gasteiger partial charge in [-0.1, -0.05) is 18.2 Å². The number of para-hydroxylation sites is 1. The third-order valence-electron chi connectivity index (χ3n) is 4.96. The molecule has 2 aromatic rings. The van der Waals surface area contributed by atoms with E-state index >= 15 is 0 Å². The summed E-state index contributed by atoms with van der Waals surface area (Å²) in [5, 5.41) is 9.91. The van der Waals surface area contributed by atoms with E-state index in [1.807, 2.05) is 36.9 Å². The van der Waals surface area contributed by atoms with Crippen LogP contribution >= 0.6 is 0 Å². The molecule has 0 aromatic heterocycles. The smallest absolute Gasteiger partial charge is 0.257 e. The van der Waals surface area contributed by atoms with Crippen molar-refractivity contribution < 1.29 is 14.7 Å². The Morgan fingerprint density at radius 1 is 0.846 bits per heavy atom. The topological polar surface area (TPSA) is 60.9 Å². The maximum absolute atomic E-state index is 12.8. The Bertz CT molecular complexity index is 832. The molecule has 136 valence electrons. The van der Waals surface area contributed by atoms with Crippen molar-refractivity contribution in [3.8, 4) is 5.75 Å². The molecule has 0 spiro atoms. The van der Waals surface area contributed by atoms with Gasteiger partial charge >= 0.3 is 0 Å². The number of amides is 2. The van der Waals surface area contributed by atoms with Crippen molar-refractivity contribution in [3.05, 3.63) is 64.7 Å². The van der Waals surface area contributed by atoms with Crippen LogP contribution in [-0.2, 0) is 0 Å². The second-order valence-corrected chi connectivity index (χ2v) is 6.75. The van der Waals surface area contributed by atoms with Gasteiger partial charge in [0.1, 0.15) is 5.75 Å². The summed E-state index contributed by atoms with van der Waals surface area (Å²) >= 11 is 0. The predicted molar refractivity (Wildman–Crippen MR) is 100 cm³/mol. The molecule has 0 saturated carbocycles. The van der Waals surface area contributed by atoms with Gasteiger partial charge in [0, 0.05) is 31.7 Å². The monoisotopic (exact) mass is 352 g/mol. The molecule has 0 bridgehead atoms. The molecule has 5 nitrogen and oxygen atoms in total. The highest BCUT2D eigenvalue weighted by molar-refractivity contribution is 5.97. The molecule has 3 rings (SSSR count). The SMILES string of the molecule is Cc1ccc(C(=O)N2CCCN(C(=O)c3ccccc3O)CC2)cc1C. The predicted octanol–water partition coefficient (Wildman–Crippen LogP) is 3.00. The number of phenols is 1. The minimum Gasteiger partial charge on any atom is -0.507 e. The van der Waals surface area contributed by atoms with Gasteiger partial charge < -0.3 is 14.9 Å². The van der Waals surface area contributed by atoms with Crippen LogP contribution in [0.3, 0.4) is 0 Å². The number of aryl methyl sites for hydroxylation is 2. The summed E-state index contributed by atoms with van der Waals surface area (Å²) in [4.78, 5) is 29.0. The number of phenolic OH excluding ortho intramolecular Hbond substituents is 1. The third-order valence-corrected chi connectivity index (χ3v) is 4.96. The van der Waals surface area contributed by atoms with Crippen LogP contribution in [0.25, 0.3) is 0 Å². The van der Waals surface area contributed by atoms with E-state index in [4.69, 9.17) is 0 Å². The molecule has 2 aromatic carbocycles. The number of aromatic hydroxyl groups is 1. The normalized spacial score (nSPS) is 14.8. The van der Waals surface area contributed by atoms with Gasteiger partial charge in [-0.3, -0.25) is 9.59 Å². The minimum absolute atomic E-state index is 0.00459. The minimum atomic E-state index is -0.191. The molecule has 1 N–H and O–H groups in total. The van der Waals surface area contributed by atoms with Crippen LogP contribution in [0.1, 0.15) is 38.3 Å². The summed E-state index contributed by atoms with van der Waals surface area (Å²) in [5.41, 5.74) is 3.26. The summed E-state index contributed by atoms with van der Waals surface area (Å²) in [6.45, 7) is 6.17. The number of hydrogen-bond donors (Lipinski definition) is 1. The fourth-order valence-electron chi connectivity index (χ4n) is 3.21. The fourth-order valence-corrected chi connectivity index (χ4v) is 3.21. The number of rotatable bonds is 2. The molecule has 26 heavy (non-hydrogen) atoms. The van der Waals surface area contributed by atoms with Crippen molar-refractivity contribution in [1.82, 2.24) is 9.80 Å². The Balaban J connectivity index is 1.70. The molecule has 0 radical (unpaired) electrons. The van der Waals surface area contributed by atoms with Gasteiger partial charge in [-0.2, -0.15) is 0 Å². The molecule has 1 aliphatic heterocycles. The van der Waals surface area contributed by atoms with Crippen molar-refractivity contribution in [2.75, 3.05) is 26.2 Å². The summed E-state index contributed by atoms with van der Waals surface area (Å²) in [6.07, 6.45) is 0.718. The molecule has 1 aliphatic rings. The molecule has 5 heteroatoms. The van der Waals surface area contributed by atoms with Crippen LogP contribution in [0.15, 0.2) is 42.5 Å². The van der Waals surface area contributed by atoms with E-state index in [0.717, 1.165) is 17.5 Å². The van der Waals surface area contributed by atoms with E-state index in [1.54, 1.807) is 23.1 Å². The lowest BCUT2D eigenvalue weighted by molar-refractivity contribution is 0.0717. The maximum Gasteiger partial charge on any atom is 0.257 e. The molecular weight excluding hydrogens is 328 g/mol. The molecule has 2 amide bonds. The second-order valence-electron chi connectivity index (χ2n) is 6.75. The quantitative estimate of drug-likeness (QED) is 0.904. The Kier molecular flexibility index (Phi) is 5.26. The highest BCUT2D eigenvalue weighted by Gasteiger charge is 2.24. The molecule has 1 fully saturated rings. The average Bonchev–Trinajstić information content (AvgIpc) is 2.89. The van der Waals surface area contributed by atoms with Crippen LogP contribution in [0.2, 0.25) is 0 Å². The van der Waals surface area contributed by atoms with Crippen molar-refractivity contribution >= 4 is 11.8 Å². The van der Waals surface area contributed by atoms with E-state index in [0.29, 0.717) is 37.3 Å². The van der Waals surface area contributed by atoms with Crippen molar-refractivity contribution in [3.63, 3.8) is 0 Å². The highest BCUT2D eigenvalue weighted by Crippen LogP contribution is 2.19. The standard InChI is InChI=1S/C21H24N2O3/c1-15-8-9-17(14-16(15)2)20(25)22-10-5-11-23(13-12-22)21(26)18-6-3-4-7-19(18)24/h3-4,6-9,14,24H,5,10-13H2,1-2H3. The zero-order chi connectivity index (χ0) is 18.7. The first-order chi connectivity index (χ1) is 12.5. The second kappa shape index (κ2) is 7.60. The number of nitrogens with zero attached hydrogens (tertiary/aromatic N) is 2. The van der Waals surface area contributed by atoms with Crippen LogP contribution in [0.5, 0.6) is 5.75 Å². The van der Waals surface area contributed by atoms with Crippen molar-refractivity contribution in [2.24, 2.45) is 0 Å². The first-order valence-electron chi connectivity index (χ1n) is 8.91. The summed E-state index contributed by atoms with van der Waals surface area (Å²) in [5.74, 6) is -0.196. The molecule has 1 heterocycles. The lowest BCUT2D eigenvalue weighted by Crippen LogP contribution is -2.37. The number of carbonyl (C=O) groups excluding carboxylic acids is 2. The highest BCUT2D eigenvalue weighted by atomic mass is 16.3. The molecule has 0 aliphatic carbocycles. The Morgan fingerprint density at radius 3 is 2.15 bits per heavy atom. The van der Waals surface area contributed by atoms with Gasteiger partial charge in [-0.25, -0.2) is 0 Å². The van der Waals surface area contributed by atoms with Gasteiger partial charge in [0.2, 0.25) is 0 Å². The first-order valence-corrected chi connectivity index (χ1v) is 8.91. The summed E-state index contributed by atoms with van der Waals surface area (Å²) in [6, 6.07) is 12.3. The zero-order valence-corrected chi connectivity index (χ0v) is 15.2. The Morgan fingerprint density at radius 2 is 1.50 bits per heavy atom. The van der Waals surface area contributed by atoms with Gasteiger partial charge in [0.15, 0.2) is 0 Å². The average molecular weight is 352 g/mol. The van der Waals surface area contributed by atoms with Crippen LogP contribution < -0.4 is 0 Å². The molecular formula is C21H24N2O3. The fraction of sp³-hybridized carbons (Fsp3) is 0.333. The summed E-state index contributed by atoms with van der Waals surface area (Å²) < 4.78 is 0. The van der Waals surface area contributed by atoms with Gasteiger partial charge in [0.25, 0.3) is 11.8 Å². The largest absolute Gasteiger partial charge is 0.507 e. The van der Waals surface area contributed by atoms with E-state index in [2.05, 4.69) is 0 Å². The molecule has 0 unspecified atom stereocenters. The lowest BCUT2D eigenvalue weighted by atomic mass is 10.1. The van der Waals surface area contributed by atoms with Gasteiger partial charge in [0.05, 0.1) is 5.56 Å². The van der Waals surface area contributed by atoms with E-state index in [1.165, 1.54) is 6.07 Å². The van der Waals surface area contributed by atoms with E-state index in [-0.39, 0.29) is 17.6 Å². The van der Waals surface area contributed by atoms with Crippen LogP contribution in [0, 0.1) is 13.8 Å². The van der Waals surface area contributed by atoms with Crippen LogP contribution in [-0.4, -0.2) is 52.9 Å². The maximum atomic E-state index is 12.8. The van der Waals surface area contributed by atoms with Gasteiger partial charge in [-0.05, 0) is 55.7 Å². The third kappa shape index (κ3) is 3.72. The Hall–Kier alpha value is -2.82. The Labute approximate surface area is 153 Å². The van der Waals surface area contributed by atoms with Crippen molar-refractivity contribution in [1.29, 1.82) is 0 Å². The van der Waals surface area contributed by atoms with E-state index in [9.17, 15) is 14.7 Å². The zero-order valence-electron chi connectivity index (χ0n) is 15.2. The van der Waals surface area contributed by atoms with Crippen molar-refractivity contribution in [2.45, 2.75) is 20.3 Å². The lowest BCUT2D eigenvalue weighted by Gasteiger charge is -2.23. The van der Waals surface area contributed by atoms with Gasteiger partial charge in [-0.15, -0.1) is 0 Å². The van der Waals surface area contributed by atoms with Crippen LogP contribution in [0.4, 0.5) is 0 Å². The number of hydrogen-bond acceptors (Lipinski definition) is 3. The number of carbonyl (C=O) groups is 2. The number of benzene rings is 2.